The first kappa shape index (κ1) is 12.9. The molecule has 0 spiro atoms. The summed E-state index contributed by atoms with van der Waals surface area (Å²) in [6, 6.07) is 2.83. The third-order valence-corrected chi connectivity index (χ3v) is 3.71. The number of rotatable bonds is 1. The van der Waals surface area contributed by atoms with Gasteiger partial charge >= 0.3 is 0 Å². The third kappa shape index (κ3) is 1.74. The Balaban J connectivity index is 2.20. The zero-order chi connectivity index (χ0) is 14.4. The van der Waals surface area contributed by atoms with Gasteiger partial charge in [-0.1, -0.05) is 0 Å². The number of phenolic OH excluding ortho intramolecular Hbond substituents is 1. The summed E-state index contributed by atoms with van der Waals surface area (Å²) in [7, 11) is 1.44. The van der Waals surface area contributed by atoms with Gasteiger partial charge in [0.2, 0.25) is 0 Å². The molecule has 1 heterocycles. The van der Waals surface area contributed by atoms with Crippen LogP contribution in [0, 0.1) is 0 Å². The normalized spacial score (nSPS) is 21.6. The lowest BCUT2D eigenvalue weighted by Crippen LogP contribution is -2.31. The largest absolute Gasteiger partial charge is 0.507 e. The van der Waals surface area contributed by atoms with Crippen LogP contribution in [-0.2, 0) is 4.74 Å². The maximum atomic E-state index is 12.5. The van der Waals surface area contributed by atoms with E-state index in [1.54, 1.807) is 0 Å². The number of benzene rings is 1. The van der Waals surface area contributed by atoms with E-state index in [9.17, 15) is 14.7 Å². The molecule has 2 aliphatic rings. The summed E-state index contributed by atoms with van der Waals surface area (Å²) in [6.07, 6.45) is 0.323. The number of phenols is 1. The van der Waals surface area contributed by atoms with Crippen LogP contribution in [0.25, 0.3) is 0 Å². The van der Waals surface area contributed by atoms with Gasteiger partial charge in [0, 0.05) is 29.2 Å². The van der Waals surface area contributed by atoms with Gasteiger partial charge < -0.3 is 14.6 Å². The Hall–Kier alpha value is -2.14. The lowest BCUT2D eigenvalue weighted by Gasteiger charge is -2.28. The van der Waals surface area contributed by atoms with Crippen molar-refractivity contribution >= 4 is 11.6 Å². The van der Waals surface area contributed by atoms with E-state index in [1.807, 2.05) is 6.92 Å². The molecule has 0 radical (unpaired) electrons. The molecule has 5 nitrogen and oxygen atoms in total. The van der Waals surface area contributed by atoms with E-state index in [2.05, 4.69) is 0 Å². The van der Waals surface area contributed by atoms with Crippen LogP contribution in [-0.4, -0.2) is 36.5 Å². The Bertz CT molecular complexity index is 656. The SMILES string of the molecule is COc1cc(O)c2c(c1)C(=O)C1=C(CO[C@@H](C)C1)C2=O. The fourth-order valence-corrected chi connectivity index (χ4v) is 2.66. The zero-order valence-electron chi connectivity index (χ0n) is 11.2. The van der Waals surface area contributed by atoms with Gasteiger partial charge in [-0.2, -0.15) is 0 Å². The average molecular weight is 274 g/mol. The van der Waals surface area contributed by atoms with Crippen molar-refractivity contribution < 1.29 is 24.2 Å². The van der Waals surface area contributed by atoms with Gasteiger partial charge in [-0.25, -0.2) is 0 Å². The fraction of sp³-hybridized carbons (Fsp3) is 0.333. The van der Waals surface area contributed by atoms with E-state index in [-0.39, 0.29) is 41.2 Å². The molecule has 1 N–H and O–H groups in total. The number of carbonyl (C=O) groups is 2. The van der Waals surface area contributed by atoms with Crippen molar-refractivity contribution in [2.75, 3.05) is 13.7 Å². The third-order valence-electron chi connectivity index (χ3n) is 3.71. The van der Waals surface area contributed by atoms with Gasteiger partial charge in [0.15, 0.2) is 11.6 Å². The second-order valence-electron chi connectivity index (χ2n) is 5.01. The number of methoxy groups -OCH3 is 1. The van der Waals surface area contributed by atoms with Crippen LogP contribution in [0.5, 0.6) is 11.5 Å². The number of aromatic hydroxyl groups is 1. The summed E-state index contributed by atoms with van der Waals surface area (Å²) < 4.78 is 10.5. The molecule has 0 bridgehead atoms. The molecule has 1 aliphatic heterocycles. The predicted octanol–water partition coefficient (Wildman–Crippen LogP) is 1.89. The summed E-state index contributed by atoms with van der Waals surface area (Å²) in [5, 5.41) is 9.98. The van der Waals surface area contributed by atoms with Crippen molar-refractivity contribution in [2.24, 2.45) is 0 Å². The molecule has 0 unspecified atom stereocenters. The zero-order valence-corrected chi connectivity index (χ0v) is 11.2. The molecule has 0 saturated carbocycles. The minimum Gasteiger partial charge on any atom is -0.507 e. The number of ether oxygens (including phenoxy) is 2. The molecule has 20 heavy (non-hydrogen) atoms. The van der Waals surface area contributed by atoms with Gasteiger partial charge in [0.25, 0.3) is 0 Å². The molecule has 0 aromatic heterocycles. The van der Waals surface area contributed by atoms with E-state index in [1.165, 1.54) is 19.2 Å². The number of Topliss-reactive ketones (excluding diaryl/α,β-unsaturated/α-hetero) is 2. The molecule has 104 valence electrons. The number of fused-ring (bicyclic) bond motifs is 1. The fourth-order valence-electron chi connectivity index (χ4n) is 2.66. The highest BCUT2D eigenvalue weighted by molar-refractivity contribution is 6.28. The highest BCUT2D eigenvalue weighted by Crippen LogP contribution is 2.38. The first-order chi connectivity index (χ1) is 9.52. The number of hydrogen-bond donors (Lipinski definition) is 1. The van der Waals surface area contributed by atoms with Crippen LogP contribution in [0.2, 0.25) is 0 Å². The van der Waals surface area contributed by atoms with Crippen molar-refractivity contribution in [3.63, 3.8) is 0 Å². The molecule has 5 heteroatoms. The van der Waals surface area contributed by atoms with Gasteiger partial charge in [0.1, 0.15) is 11.5 Å². The Morgan fingerprint density at radius 1 is 1.25 bits per heavy atom. The van der Waals surface area contributed by atoms with Crippen LogP contribution in [0.3, 0.4) is 0 Å². The van der Waals surface area contributed by atoms with Gasteiger partial charge in [0.05, 0.1) is 25.4 Å². The lowest BCUT2D eigenvalue weighted by atomic mass is 9.80. The Morgan fingerprint density at radius 2 is 2.00 bits per heavy atom. The first-order valence-electron chi connectivity index (χ1n) is 6.37. The van der Waals surface area contributed by atoms with E-state index in [4.69, 9.17) is 9.47 Å². The Labute approximate surface area is 115 Å². The van der Waals surface area contributed by atoms with Crippen LogP contribution >= 0.6 is 0 Å². The van der Waals surface area contributed by atoms with Gasteiger partial charge in [-0.3, -0.25) is 9.59 Å². The van der Waals surface area contributed by atoms with Crippen molar-refractivity contribution in [3.05, 3.63) is 34.4 Å². The molecule has 0 saturated heterocycles. The second kappa shape index (κ2) is 4.45. The van der Waals surface area contributed by atoms with Crippen molar-refractivity contribution in [1.82, 2.24) is 0 Å². The number of ketones is 2. The summed E-state index contributed by atoms with van der Waals surface area (Å²) in [5.74, 6) is -0.435. The molecule has 0 fully saturated rings. The average Bonchev–Trinajstić information content (AvgIpc) is 2.43. The predicted molar refractivity (Wildman–Crippen MR) is 70.4 cm³/mol. The molecule has 1 aromatic carbocycles. The van der Waals surface area contributed by atoms with Crippen LogP contribution in [0.1, 0.15) is 34.1 Å². The summed E-state index contributed by atoms with van der Waals surface area (Å²) in [6.45, 7) is 1.98. The summed E-state index contributed by atoms with van der Waals surface area (Å²) in [4.78, 5) is 25.0. The molecular formula is C15H14O5. The molecule has 1 aromatic rings. The summed E-state index contributed by atoms with van der Waals surface area (Å²) in [5.41, 5.74) is 1.11. The molecule has 1 atom stereocenters. The molecule has 1 aliphatic carbocycles. The number of hydrogen-bond acceptors (Lipinski definition) is 5. The smallest absolute Gasteiger partial charge is 0.196 e. The Morgan fingerprint density at radius 3 is 2.70 bits per heavy atom. The van der Waals surface area contributed by atoms with E-state index in [0.29, 0.717) is 23.3 Å². The first-order valence-corrected chi connectivity index (χ1v) is 6.37. The minimum absolute atomic E-state index is 0.0488. The summed E-state index contributed by atoms with van der Waals surface area (Å²) >= 11 is 0. The van der Waals surface area contributed by atoms with Crippen LogP contribution in [0.15, 0.2) is 23.3 Å². The van der Waals surface area contributed by atoms with Crippen LogP contribution in [0.4, 0.5) is 0 Å². The second-order valence-corrected chi connectivity index (χ2v) is 5.01. The highest BCUT2D eigenvalue weighted by Gasteiger charge is 2.37. The van der Waals surface area contributed by atoms with Crippen molar-refractivity contribution in [3.8, 4) is 11.5 Å². The maximum absolute atomic E-state index is 12.5. The number of carbonyl (C=O) groups excluding carboxylic acids is 2. The van der Waals surface area contributed by atoms with Gasteiger partial charge in [-0.15, -0.1) is 0 Å². The topological polar surface area (TPSA) is 72.8 Å². The molecule has 3 rings (SSSR count). The maximum Gasteiger partial charge on any atom is 0.196 e. The van der Waals surface area contributed by atoms with Crippen LogP contribution < -0.4 is 4.74 Å². The molecular weight excluding hydrogens is 260 g/mol. The molecule has 0 amide bonds. The minimum atomic E-state index is -0.332. The van der Waals surface area contributed by atoms with E-state index in [0.717, 1.165) is 0 Å². The van der Waals surface area contributed by atoms with E-state index < -0.39 is 0 Å². The van der Waals surface area contributed by atoms with Gasteiger partial charge in [-0.05, 0) is 13.0 Å². The lowest BCUT2D eigenvalue weighted by molar-refractivity contribution is 0.0615. The monoisotopic (exact) mass is 274 g/mol. The van der Waals surface area contributed by atoms with E-state index >= 15 is 0 Å². The van der Waals surface area contributed by atoms with Crippen molar-refractivity contribution in [2.45, 2.75) is 19.4 Å². The Kier molecular flexibility index (Phi) is 2.87. The quantitative estimate of drug-likeness (QED) is 0.846. The highest BCUT2D eigenvalue weighted by atomic mass is 16.5. The van der Waals surface area contributed by atoms with Crippen molar-refractivity contribution in [1.29, 1.82) is 0 Å². The standard InChI is InChI=1S/C15H14O5/c1-7-3-9-11(6-20-7)15(18)13-10(14(9)17)4-8(19-2)5-12(13)16/h4-5,7,16H,3,6H2,1-2H3/t7-/m0/s1.